The minimum absolute atomic E-state index is 0.0702. The lowest BCUT2D eigenvalue weighted by molar-refractivity contribution is -0.123. The van der Waals surface area contributed by atoms with Crippen LogP contribution in [0, 0.1) is 0 Å². The third kappa shape index (κ3) is 53.1. The molecular weight excluding hydrogens is 807 g/mol. The Bertz CT molecular complexity index is 1090. The number of unbranched alkanes of at least 4 members (excludes halogenated alkanes) is 39. The van der Waals surface area contributed by atoms with Gasteiger partial charge in [0.1, 0.15) is 0 Å². The Morgan fingerprint density at radius 1 is 0.364 bits per heavy atom. The van der Waals surface area contributed by atoms with Crippen molar-refractivity contribution in [2.45, 2.75) is 321 Å². The second-order valence-corrected chi connectivity index (χ2v) is 20.1. The van der Waals surface area contributed by atoms with E-state index in [1.54, 1.807) is 6.08 Å². The summed E-state index contributed by atoms with van der Waals surface area (Å²) in [5.74, 6) is -0.0702. The van der Waals surface area contributed by atoms with Crippen LogP contribution in [0.25, 0.3) is 0 Å². The normalized spacial score (nSPS) is 13.2. The average Bonchev–Trinajstić information content (AvgIpc) is 3.32. The van der Waals surface area contributed by atoms with Gasteiger partial charge in [-0.05, 0) is 70.6 Å². The third-order valence-electron chi connectivity index (χ3n) is 13.5. The Morgan fingerprint density at radius 2 is 0.636 bits per heavy atom. The number of rotatable bonds is 54. The number of hydrogen-bond acceptors (Lipinski definition) is 3. The molecule has 0 bridgehead atoms. The molecule has 0 radical (unpaired) electrons. The van der Waals surface area contributed by atoms with Crippen LogP contribution in [0.5, 0.6) is 0 Å². The number of aliphatic hydroxyl groups is 2. The Balaban J connectivity index is 3.43. The summed E-state index contributed by atoms with van der Waals surface area (Å²) >= 11 is 0. The Hall–Kier alpha value is -1.91. The molecule has 2 unspecified atom stereocenters. The van der Waals surface area contributed by atoms with E-state index in [9.17, 15) is 15.0 Å². The van der Waals surface area contributed by atoms with E-state index in [2.05, 4.69) is 67.8 Å². The highest BCUT2D eigenvalue weighted by Crippen LogP contribution is 2.17. The van der Waals surface area contributed by atoms with Gasteiger partial charge in [0.15, 0.2) is 0 Å². The first-order valence-electron chi connectivity index (χ1n) is 29.5. The summed E-state index contributed by atoms with van der Waals surface area (Å²) in [5, 5.41) is 23.1. The van der Waals surface area contributed by atoms with Gasteiger partial charge in [-0.2, -0.15) is 0 Å². The molecule has 0 aliphatic rings. The molecule has 3 N–H and O–H groups in total. The van der Waals surface area contributed by atoms with E-state index < -0.39 is 12.1 Å². The summed E-state index contributed by atoms with van der Waals surface area (Å²) < 4.78 is 0. The molecule has 4 nitrogen and oxygen atoms in total. The summed E-state index contributed by atoms with van der Waals surface area (Å²) in [4.78, 5) is 12.5. The molecule has 0 saturated carbocycles. The van der Waals surface area contributed by atoms with Gasteiger partial charge in [0.2, 0.25) is 5.91 Å². The quantitative estimate of drug-likeness (QED) is 0.0420. The molecule has 0 fully saturated rings. The molecule has 386 valence electrons. The minimum atomic E-state index is -0.861. The van der Waals surface area contributed by atoms with Gasteiger partial charge in [0.25, 0.3) is 0 Å². The maximum absolute atomic E-state index is 12.5. The number of carbonyl (C=O) groups excluding carboxylic acids is 1. The van der Waals surface area contributed by atoms with Crippen molar-refractivity contribution in [2.24, 2.45) is 0 Å². The first-order chi connectivity index (χ1) is 32.7. The zero-order chi connectivity index (χ0) is 47.7. The lowest BCUT2D eigenvalue weighted by Crippen LogP contribution is -2.45. The summed E-state index contributed by atoms with van der Waals surface area (Å²) in [5.41, 5.74) is 0. The second-order valence-electron chi connectivity index (χ2n) is 20.1. The molecule has 0 aliphatic carbocycles. The van der Waals surface area contributed by atoms with Gasteiger partial charge in [-0.1, -0.05) is 293 Å². The molecule has 2 atom stereocenters. The SMILES string of the molecule is CCCCCCC/C=C\C/C=C\C/C=C\CCCCCCCCCCCCCCCCCCCCCCCCCCC(=O)NC(CO)C(O)/C=C/CC/C=C/CCCCCCCCCCC. The van der Waals surface area contributed by atoms with E-state index in [4.69, 9.17) is 0 Å². The number of amides is 1. The lowest BCUT2D eigenvalue weighted by atomic mass is 10.0. The van der Waals surface area contributed by atoms with Crippen molar-refractivity contribution in [3.05, 3.63) is 60.8 Å². The van der Waals surface area contributed by atoms with Crippen LogP contribution in [0.4, 0.5) is 0 Å². The Morgan fingerprint density at radius 3 is 0.985 bits per heavy atom. The van der Waals surface area contributed by atoms with Gasteiger partial charge in [-0.3, -0.25) is 4.79 Å². The van der Waals surface area contributed by atoms with Crippen LogP contribution in [0.2, 0.25) is 0 Å². The highest BCUT2D eigenvalue weighted by Gasteiger charge is 2.18. The summed E-state index contributed by atoms with van der Waals surface area (Å²) in [7, 11) is 0. The zero-order valence-corrected chi connectivity index (χ0v) is 44.5. The second kappa shape index (κ2) is 57.4. The van der Waals surface area contributed by atoms with E-state index in [1.807, 2.05) is 6.08 Å². The van der Waals surface area contributed by atoms with Gasteiger partial charge in [0, 0.05) is 6.42 Å². The van der Waals surface area contributed by atoms with Crippen LogP contribution in [0.15, 0.2) is 60.8 Å². The van der Waals surface area contributed by atoms with Gasteiger partial charge in [0.05, 0.1) is 18.8 Å². The number of nitrogens with one attached hydrogen (secondary N) is 1. The van der Waals surface area contributed by atoms with E-state index in [0.29, 0.717) is 6.42 Å². The number of allylic oxidation sites excluding steroid dienone is 9. The van der Waals surface area contributed by atoms with Crippen molar-refractivity contribution in [2.75, 3.05) is 6.61 Å². The van der Waals surface area contributed by atoms with Crippen LogP contribution < -0.4 is 5.32 Å². The maximum Gasteiger partial charge on any atom is 0.220 e. The highest BCUT2D eigenvalue weighted by atomic mass is 16.3. The number of hydrogen-bond donors (Lipinski definition) is 3. The molecule has 0 aliphatic heterocycles. The number of carbonyl (C=O) groups is 1. The van der Waals surface area contributed by atoms with Gasteiger partial charge < -0.3 is 15.5 Å². The van der Waals surface area contributed by atoms with E-state index in [1.165, 1.54) is 244 Å². The van der Waals surface area contributed by atoms with Gasteiger partial charge >= 0.3 is 0 Å². The summed E-state index contributed by atoms with van der Waals surface area (Å²) in [6.07, 6.45) is 81.2. The minimum Gasteiger partial charge on any atom is -0.394 e. The molecule has 0 spiro atoms. The summed E-state index contributed by atoms with van der Waals surface area (Å²) in [6.45, 7) is 4.30. The molecule has 0 aromatic heterocycles. The first kappa shape index (κ1) is 64.1. The standard InChI is InChI=1S/C62H115NO3/c1-3-5-7-9-11-13-15-17-19-20-21-22-23-24-25-26-27-28-29-30-31-32-33-34-35-36-37-38-39-40-41-42-44-46-48-50-52-54-56-58-62(66)63-60(59-64)61(65)57-55-53-51-49-47-45-43-18-16-14-12-10-8-6-4-2/h15,17,20-21,23-24,47,49,55,57,60-61,64-65H,3-14,16,18-19,22,25-46,48,50-54,56,58-59H2,1-2H3,(H,63,66)/b17-15-,21-20-,24-23-,49-47+,57-55+. The molecule has 4 heteroatoms. The van der Waals surface area contributed by atoms with Crippen LogP contribution in [-0.2, 0) is 4.79 Å². The smallest absolute Gasteiger partial charge is 0.220 e. The molecule has 0 heterocycles. The van der Waals surface area contributed by atoms with Gasteiger partial charge in [-0.15, -0.1) is 0 Å². The van der Waals surface area contributed by atoms with Crippen LogP contribution in [0.1, 0.15) is 309 Å². The van der Waals surface area contributed by atoms with Gasteiger partial charge in [-0.25, -0.2) is 0 Å². The van der Waals surface area contributed by atoms with Crippen LogP contribution in [-0.4, -0.2) is 34.9 Å². The average molecular weight is 923 g/mol. The Labute approximate surface area is 413 Å². The van der Waals surface area contributed by atoms with E-state index >= 15 is 0 Å². The molecule has 1 amide bonds. The largest absolute Gasteiger partial charge is 0.394 e. The molecule has 0 aromatic carbocycles. The fourth-order valence-electron chi connectivity index (χ4n) is 8.97. The maximum atomic E-state index is 12.5. The van der Waals surface area contributed by atoms with Crippen molar-refractivity contribution in [1.29, 1.82) is 0 Å². The first-order valence-corrected chi connectivity index (χ1v) is 29.5. The lowest BCUT2D eigenvalue weighted by Gasteiger charge is -2.19. The highest BCUT2D eigenvalue weighted by molar-refractivity contribution is 5.76. The predicted octanol–water partition coefficient (Wildman–Crippen LogP) is 19.6. The van der Waals surface area contributed by atoms with Crippen molar-refractivity contribution in [3.8, 4) is 0 Å². The van der Waals surface area contributed by atoms with Crippen molar-refractivity contribution >= 4 is 5.91 Å². The molecule has 0 aromatic rings. The monoisotopic (exact) mass is 922 g/mol. The van der Waals surface area contributed by atoms with Crippen molar-refractivity contribution in [1.82, 2.24) is 5.32 Å². The predicted molar refractivity (Wildman–Crippen MR) is 294 cm³/mol. The fourth-order valence-corrected chi connectivity index (χ4v) is 8.97. The van der Waals surface area contributed by atoms with E-state index in [-0.39, 0.29) is 12.5 Å². The Kier molecular flexibility index (Phi) is 55.7. The third-order valence-corrected chi connectivity index (χ3v) is 13.5. The van der Waals surface area contributed by atoms with E-state index in [0.717, 1.165) is 44.9 Å². The van der Waals surface area contributed by atoms with Crippen LogP contribution >= 0.6 is 0 Å². The molecule has 0 rings (SSSR count). The molecule has 66 heavy (non-hydrogen) atoms. The van der Waals surface area contributed by atoms with Crippen LogP contribution in [0.3, 0.4) is 0 Å². The van der Waals surface area contributed by atoms with Crippen molar-refractivity contribution in [3.63, 3.8) is 0 Å². The zero-order valence-electron chi connectivity index (χ0n) is 44.5. The van der Waals surface area contributed by atoms with Crippen molar-refractivity contribution < 1.29 is 15.0 Å². The topological polar surface area (TPSA) is 69.6 Å². The number of aliphatic hydroxyl groups excluding tert-OH is 2. The summed E-state index contributed by atoms with van der Waals surface area (Å²) in [6, 6.07) is -0.638. The molecule has 0 saturated heterocycles. The fraction of sp³-hybridized carbons (Fsp3) is 0.823. The molecular formula is C62H115NO3.